The lowest BCUT2D eigenvalue weighted by Crippen LogP contribution is -2.36. The van der Waals surface area contributed by atoms with E-state index < -0.39 is 5.69 Å². The lowest BCUT2D eigenvalue weighted by Gasteiger charge is -2.22. The predicted octanol–water partition coefficient (Wildman–Crippen LogP) is 1.93. The van der Waals surface area contributed by atoms with Crippen LogP contribution in [0.5, 0.6) is 5.88 Å². The number of nitrogens with zero attached hydrogens (tertiary/aromatic N) is 1. The number of rotatable bonds is 3. The molecule has 0 radical (unpaired) electrons. The van der Waals surface area contributed by atoms with Crippen molar-refractivity contribution in [1.29, 1.82) is 0 Å². The molecule has 1 amide bonds. The topological polar surface area (TPSA) is 87.1 Å². The molecule has 116 valence electrons. The number of aromatic nitrogens is 2. The van der Waals surface area contributed by atoms with Gasteiger partial charge in [0.25, 0.3) is 5.91 Å². The molecule has 1 aromatic carbocycles. The van der Waals surface area contributed by atoms with Crippen molar-refractivity contribution in [2.45, 2.75) is 38.1 Å². The van der Waals surface area contributed by atoms with E-state index in [1.54, 1.807) is 24.3 Å². The van der Waals surface area contributed by atoms with Gasteiger partial charge in [0.1, 0.15) is 0 Å². The van der Waals surface area contributed by atoms with Crippen LogP contribution in [0.25, 0.3) is 5.69 Å². The fraction of sp³-hybridized carbons (Fsp3) is 0.375. The number of carbonyl (C=O) groups is 1. The molecule has 1 heterocycles. The Morgan fingerprint density at radius 1 is 1.18 bits per heavy atom. The molecule has 0 bridgehead atoms. The minimum atomic E-state index is -0.420. The number of amides is 1. The molecule has 2 aromatic rings. The first-order valence-electron chi connectivity index (χ1n) is 7.56. The largest absolute Gasteiger partial charge is 0.493 e. The monoisotopic (exact) mass is 301 g/mol. The van der Waals surface area contributed by atoms with E-state index in [0.717, 1.165) is 17.4 Å². The van der Waals surface area contributed by atoms with Gasteiger partial charge >= 0.3 is 5.69 Å². The van der Waals surface area contributed by atoms with Crippen molar-refractivity contribution in [3.8, 4) is 11.6 Å². The Hall–Kier alpha value is -2.50. The molecule has 1 aliphatic rings. The summed E-state index contributed by atoms with van der Waals surface area (Å²) in [5.41, 5.74) is 0.646. The number of hydrogen-bond donors (Lipinski definition) is 3. The van der Waals surface area contributed by atoms with E-state index in [1.807, 2.05) is 0 Å². The molecule has 0 spiro atoms. The summed E-state index contributed by atoms with van der Waals surface area (Å²) in [5.74, 6) is -0.256. The van der Waals surface area contributed by atoms with Crippen LogP contribution in [0.3, 0.4) is 0 Å². The van der Waals surface area contributed by atoms with Crippen molar-refractivity contribution in [2.24, 2.45) is 0 Å². The summed E-state index contributed by atoms with van der Waals surface area (Å²) in [5, 5.41) is 12.7. The Bertz CT molecular complexity index is 709. The zero-order valence-corrected chi connectivity index (χ0v) is 12.2. The van der Waals surface area contributed by atoms with Crippen LogP contribution in [-0.4, -0.2) is 26.6 Å². The molecule has 6 heteroatoms. The van der Waals surface area contributed by atoms with Gasteiger partial charge in [0.15, 0.2) is 0 Å². The van der Waals surface area contributed by atoms with E-state index in [4.69, 9.17) is 0 Å². The van der Waals surface area contributed by atoms with Crippen LogP contribution in [0.4, 0.5) is 0 Å². The van der Waals surface area contributed by atoms with E-state index in [2.05, 4.69) is 10.3 Å². The van der Waals surface area contributed by atoms with Gasteiger partial charge in [-0.25, -0.2) is 9.36 Å². The highest BCUT2D eigenvalue weighted by atomic mass is 16.3. The highest BCUT2D eigenvalue weighted by Gasteiger charge is 2.16. The Labute approximate surface area is 127 Å². The molecule has 1 fully saturated rings. The molecule has 1 aromatic heterocycles. The zero-order valence-electron chi connectivity index (χ0n) is 12.2. The molecule has 22 heavy (non-hydrogen) atoms. The second-order valence-corrected chi connectivity index (χ2v) is 5.64. The summed E-state index contributed by atoms with van der Waals surface area (Å²) in [7, 11) is 0. The fourth-order valence-corrected chi connectivity index (χ4v) is 2.89. The Kier molecular flexibility index (Phi) is 4.00. The summed E-state index contributed by atoms with van der Waals surface area (Å²) in [6.45, 7) is 0. The molecule has 3 rings (SSSR count). The van der Waals surface area contributed by atoms with Crippen molar-refractivity contribution in [1.82, 2.24) is 14.9 Å². The molecule has 1 saturated carbocycles. The van der Waals surface area contributed by atoms with Gasteiger partial charge in [0, 0.05) is 11.6 Å². The minimum absolute atomic E-state index is 0.0934. The van der Waals surface area contributed by atoms with Crippen LogP contribution in [-0.2, 0) is 0 Å². The van der Waals surface area contributed by atoms with Gasteiger partial charge in [0.2, 0.25) is 5.88 Å². The average Bonchev–Trinajstić information content (AvgIpc) is 2.87. The van der Waals surface area contributed by atoms with Gasteiger partial charge in [0.05, 0.1) is 11.9 Å². The summed E-state index contributed by atoms with van der Waals surface area (Å²) in [4.78, 5) is 26.2. The Morgan fingerprint density at radius 2 is 1.86 bits per heavy atom. The highest BCUT2D eigenvalue weighted by Crippen LogP contribution is 2.18. The number of aromatic amines is 1. The van der Waals surface area contributed by atoms with E-state index in [-0.39, 0.29) is 17.8 Å². The van der Waals surface area contributed by atoms with E-state index in [1.165, 1.54) is 25.5 Å². The van der Waals surface area contributed by atoms with Crippen molar-refractivity contribution >= 4 is 5.91 Å². The van der Waals surface area contributed by atoms with Crippen LogP contribution >= 0.6 is 0 Å². The summed E-state index contributed by atoms with van der Waals surface area (Å²) >= 11 is 0. The van der Waals surface area contributed by atoms with E-state index in [9.17, 15) is 14.7 Å². The molecule has 3 N–H and O–H groups in total. The second kappa shape index (κ2) is 6.09. The quantitative estimate of drug-likeness (QED) is 0.809. The fourth-order valence-electron chi connectivity index (χ4n) is 2.89. The van der Waals surface area contributed by atoms with Gasteiger partial charge in [-0.3, -0.25) is 4.79 Å². The van der Waals surface area contributed by atoms with Gasteiger partial charge in [-0.1, -0.05) is 19.3 Å². The van der Waals surface area contributed by atoms with Gasteiger partial charge in [-0.2, -0.15) is 0 Å². The lowest BCUT2D eigenvalue weighted by molar-refractivity contribution is 0.0927. The Balaban J connectivity index is 1.73. The maximum atomic E-state index is 12.2. The normalized spacial score (nSPS) is 15.6. The molecular weight excluding hydrogens is 282 g/mol. The zero-order chi connectivity index (χ0) is 15.5. The highest BCUT2D eigenvalue weighted by molar-refractivity contribution is 5.94. The predicted molar refractivity (Wildman–Crippen MR) is 82.4 cm³/mol. The molecule has 0 saturated heterocycles. The Morgan fingerprint density at radius 3 is 2.45 bits per heavy atom. The van der Waals surface area contributed by atoms with Crippen LogP contribution in [0.15, 0.2) is 35.3 Å². The number of H-pyrrole nitrogens is 1. The third kappa shape index (κ3) is 2.90. The average molecular weight is 301 g/mol. The number of hydrogen-bond acceptors (Lipinski definition) is 3. The number of carbonyl (C=O) groups excluding carboxylic acids is 1. The first-order chi connectivity index (χ1) is 10.6. The number of nitrogens with one attached hydrogen (secondary N) is 2. The van der Waals surface area contributed by atoms with Crippen LogP contribution in [0.1, 0.15) is 42.5 Å². The SMILES string of the molecule is O=C(NC1CCCCC1)c1ccc(-n2c(O)c[nH]c2=O)cc1. The molecule has 0 atom stereocenters. The maximum absolute atomic E-state index is 12.2. The van der Waals surface area contributed by atoms with Gasteiger partial charge in [-0.05, 0) is 37.1 Å². The molecular formula is C16H19N3O3. The van der Waals surface area contributed by atoms with Crippen molar-refractivity contribution in [3.63, 3.8) is 0 Å². The molecule has 6 nitrogen and oxygen atoms in total. The number of benzene rings is 1. The first-order valence-corrected chi connectivity index (χ1v) is 7.56. The van der Waals surface area contributed by atoms with Crippen LogP contribution in [0.2, 0.25) is 0 Å². The van der Waals surface area contributed by atoms with E-state index in [0.29, 0.717) is 11.3 Å². The first kappa shape index (κ1) is 14.4. The summed E-state index contributed by atoms with van der Waals surface area (Å²) < 4.78 is 1.14. The second-order valence-electron chi connectivity index (χ2n) is 5.64. The third-order valence-electron chi connectivity index (χ3n) is 4.09. The molecule has 0 aliphatic heterocycles. The third-order valence-corrected chi connectivity index (χ3v) is 4.09. The standard InChI is InChI=1S/C16H19N3O3/c20-14-10-17-16(22)19(14)13-8-6-11(7-9-13)15(21)18-12-4-2-1-3-5-12/h6-10,12,20H,1-5H2,(H,17,22)(H,18,21). The van der Waals surface area contributed by atoms with Crippen molar-refractivity contribution in [2.75, 3.05) is 0 Å². The lowest BCUT2D eigenvalue weighted by atomic mass is 9.95. The van der Waals surface area contributed by atoms with Crippen LogP contribution in [0, 0.1) is 0 Å². The van der Waals surface area contributed by atoms with Crippen molar-refractivity contribution < 1.29 is 9.90 Å². The van der Waals surface area contributed by atoms with Gasteiger partial charge in [-0.15, -0.1) is 0 Å². The number of aromatic hydroxyl groups is 1. The summed E-state index contributed by atoms with van der Waals surface area (Å²) in [6, 6.07) is 6.87. The molecule has 1 aliphatic carbocycles. The maximum Gasteiger partial charge on any atom is 0.333 e. The van der Waals surface area contributed by atoms with Crippen LogP contribution < -0.4 is 11.0 Å². The smallest absolute Gasteiger partial charge is 0.333 e. The summed E-state index contributed by atoms with van der Waals surface area (Å²) in [6.07, 6.45) is 6.88. The van der Waals surface area contributed by atoms with E-state index >= 15 is 0 Å². The van der Waals surface area contributed by atoms with Gasteiger partial charge < -0.3 is 15.4 Å². The minimum Gasteiger partial charge on any atom is -0.493 e. The van der Waals surface area contributed by atoms with Crippen molar-refractivity contribution in [3.05, 3.63) is 46.5 Å². The number of imidazole rings is 1. The molecule has 0 unspecified atom stereocenters.